The van der Waals surface area contributed by atoms with Gasteiger partial charge in [0, 0.05) is 5.56 Å². The minimum Gasteiger partial charge on any atom is -0.494 e. The first-order chi connectivity index (χ1) is 16.0. The van der Waals surface area contributed by atoms with Gasteiger partial charge < -0.3 is 14.8 Å². The van der Waals surface area contributed by atoms with E-state index in [1.807, 2.05) is 50.2 Å². The van der Waals surface area contributed by atoms with Crippen molar-refractivity contribution in [2.75, 3.05) is 13.2 Å². The van der Waals surface area contributed by atoms with E-state index in [-0.39, 0.29) is 12.5 Å². The zero-order valence-electron chi connectivity index (χ0n) is 18.7. The number of nitrogens with one attached hydrogen (secondary N) is 2. The topological polar surface area (TPSA) is 89.0 Å². The highest BCUT2D eigenvalue weighted by molar-refractivity contribution is 5.96. The van der Waals surface area contributed by atoms with Crippen molar-refractivity contribution in [2.24, 2.45) is 5.10 Å². The number of carbonyl (C=O) groups is 2. The molecule has 3 aromatic rings. The van der Waals surface area contributed by atoms with Crippen molar-refractivity contribution in [1.82, 2.24) is 10.7 Å². The van der Waals surface area contributed by atoms with Gasteiger partial charge in [-0.2, -0.15) is 5.10 Å². The van der Waals surface area contributed by atoms with Crippen LogP contribution >= 0.6 is 0 Å². The van der Waals surface area contributed by atoms with Gasteiger partial charge in [0.05, 0.1) is 19.4 Å². The van der Waals surface area contributed by atoms with Gasteiger partial charge in [-0.05, 0) is 73.5 Å². The normalized spacial score (nSPS) is 10.6. The lowest BCUT2D eigenvalue weighted by molar-refractivity contribution is -0.120. The van der Waals surface area contributed by atoms with E-state index in [1.54, 1.807) is 24.3 Å². The quantitative estimate of drug-likeness (QED) is 0.366. The van der Waals surface area contributed by atoms with E-state index >= 15 is 0 Å². The summed E-state index contributed by atoms with van der Waals surface area (Å²) in [6.45, 7) is 4.80. The summed E-state index contributed by atoms with van der Waals surface area (Å²) in [7, 11) is 0. The number of carbonyl (C=O) groups excluding carboxylic acids is 2. The molecule has 7 nitrogen and oxygen atoms in total. The minimum absolute atomic E-state index is 0.185. The van der Waals surface area contributed by atoms with Crippen molar-refractivity contribution in [3.8, 4) is 11.5 Å². The highest BCUT2D eigenvalue weighted by atomic mass is 16.5. The fourth-order valence-electron chi connectivity index (χ4n) is 2.85. The van der Waals surface area contributed by atoms with Gasteiger partial charge in [0.25, 0.3) is 11.8 Å². The average molecular weight is 446 g/mol. The average Bonchev–Trinajstić information content (AvgIpc) is 2.84. The Morgan fingerprint density at radius 3 is 2.18 bits per heavy atom. The monoisotopic (exact) mass is 445 g/mol. The fraction of sp³-hybridized carbons (Fsp3) is 0.192. The van der Waals surface area contributed by atoms with E-state index in [9.17, 15) is 9.59 Å². The second-order valence-electron chi connectivity index (χ2n) is 7.28. The number of hydrogen-bond acceptors (Lipinski definition) is 5. The van der Waals surface area contributed by atoms with E-state index in [0.29, 0.717) is 24.5 Å². The van der Waals surface area contributed by atoms with Gasteiger partial charge in [0.2, 0.25) is 0 Å². The number of aryl methyl sites for hydroxylation is 1. The Balaban J connectivity index is 1.39. The molecule has 2 amide bonds. The van der Waals surface area contributed by atoms with Gasteiger partial charge in [-0.25, -0.2) is 5.43 Å². The summed E-state index contributed by atoms with van der Waals surface area (Å²) in [5.74, 6) is 0.655. The Morgan fingerprint density at radius 1 is 0.879 bits per heavy atom. The van der Waals surface area contributed by atoms with Gasteiger partial charge in [-0.15, -0.1) is 0 Å². The van der Waals surface area contributed by atoms with Crippen LogP contribution in [0, 0.1) is 6.92 Å². The summed E-state index contributed by atoms with van der Waals surface area (Å²) in [5.41, 5.74) is 5.95. The molecule has 0 saturated heterocycles. The van der Waals surface area contributed by atoms with Crippen LogP contribution < -0.4 is 20.2 Å². The molecule has 0 atom stereocenters. The van der Waals surface area contributed by atoms with Crippen LogP contribution in [0.2, 0.25) is 0 Å². The van der Waals surface area contributed by atoms with Crippen LogP contribution in [0.4, 0.5) is 0 Å². The van der Waals surface area contributed by atoms with Crippen LogP contribution in [0.25, 0.3) is 0 Å². The van der Waals surface area contributed by atoms with E-state index in [4.69, 9.17) is 9.47 Å². The minimum atomic E-state index is -0.427. The SMILES string of the molecule is CCOc1ccc(C(=O)NCC(=O)N/N=C\c2ccc(OCc3ccc(C)cc3)cc2)cc1. The molecule has 0 aromatic heterocycles. The molecule has 0 bridgehead atoms. The molecule has 7 heteroatoms. The largest absolute Gasteiger partial charge is 0.494 e. The Morgan fingerprint density at radius 2 is 1.52 bits per heavy atom. The molecule has 3 aromatic carbocycles. The van der Waals surface area contributed by atoms with Gasteiger partial charge in [-0.3, -0.25) is 9.59 Å². The van der Waals surface area contributed by atoms with Gasteiger partial charge in [0.15, 0.2) is 0 Å². The molecule has 2 N–H and O–H groups in total. The van der Waals surface area contributed by atoms with E-state index in [1.165, 1.54) is 11.8 Å². The van der Waals surface area contributed by atoms with E-state index in [2.05, 4.69) is 28.0 Å². The smallest absolute Gasteiger partial charge is 0.259 e. The Labute approximate surface area is 193 Å². The van der Waals surface area contributed by atoms with E-state index < -0.39 is 5.91 Å². The van der Waals surface area contributed by atoms with Crippen LogP contribution in [0.15, 0.2) is 77.9 Å². The van der Waals surface area contributed by atoms with E-state index in [0.717, 1.165) is 16.9 Å². The maximum Gasteiger partial charge on any atom is 0.259 e. The molecule has 0 aliphatic rings. The highest BCUT2D eigenvalue weighted by Gasteiger charge is 2.07. The molecule has 0 aliphatic carbocycles. The summed E-state index contributed by atoms with van der Waals surface area (Å²) in [4.78, 5) is 24.0. The summed E-state index contributed by atoms with van der Waals surface area (Å²) in [6, 6.07) is 22.3. The van der Waals surface area contributed by atoms with Crippen LogP contribution in [-0.2, 0) is 11.4 Å². The van der Waals surface area contributed by atoms with Crippen molar-refractivity contribution in [3.05, 3.63) is 95.1 Å². The van der Waals surface area contributed by atoms with Crippen molar-refractivity contribution >= 4 is 18.0 Å². The van der Waals surface area contributed by atoms with Gasteiger partial charge in [-0.1, -0.05) is 29.8 Å². The zero-order chi connectivity index (χ0) is 23.5. The molecular weight excluding hydrogens is 418 g/mol. The molecule has 0 fully saturated rings. The molecule has 0 aliphatic heterocycles. The first-order valence-electron chi connectivity index (χ1n) is 10.6. The molecule has 170 valence electrons. The third kappa shape index (κ3) is 7.81. The van der Waals surface area contributed by atoms with Gasteiger partial charge in [0.1, 0.15) is 18.1 Å². The third-order valence-corrected chi connectivity index (χ3v) is 4.65. The molecule has 0 radical (unpaired) electrons. The summed E-state index contributed by atoms with van der Waals surface area (Å²) in [6.07, 6.45) is 1.52. The first-order valence-corrected chi connectivity index (χ1v) is 10.6. The lowest BCUT2D eigenvalue weighted by atomic mass is 10.2. The predicted octanol–water partition coefficient (Wildman–Crippen LogP) is 3.85. The first kappa shape index (κ1) is 23.5. The van der Waals surface area contributed by atoms with Crippen LogP contribution in [0.3, 0.4) is 0 Å². The number of rotatable bonds is 10. The maximum atomic E-state index is 12.1. The van der Waals surface area contributed by atoms with Crippen molar-refractivity contribution < 1.29 is 19.1 Å². The van der Waals surface area contributed by atoms with Crippen molar-refractivity contribution in [2.45, 2.75) is 20.5 Å². The molecule has 0 spiro atoms. The number of amides is 2. The molecule has 0 saturated carbocycles. The Kier molecular flexibility index (Phi) is 8.59. The van der Waals surface area contributed by atoms with Crippen LogP contribution in [0.5, 0.6) is 11.5 Å². The molecule has 0 heterocycles. The fourth-order valence-corrected chi connectivity index (χ4v) is 2.85. The highest BCUT2D eigenvalue weighted by Crippen LogP contribution is 2.14. The predicted molar refractivity (Wildman–Crippen MR) is 128 cm³/mol. The van der Waals surface area contributed by atoms with Crippen molar-refractivity contribution in [3.63, 3.8) is 0 Å². The van der Waals surface area contributed by atoms with Crippen LogP contribution in [-0.4, -0.2) is 31.2 Å². The maximum absolute atomic E-state index is 12.1. The second-order valence-corrected chi connectivity index (χ2v) is 7.28. The molecule has 3 rings (SSSR count). The number of benzene rings is 3. The molecule has 33 heavy (non-hydrogen) atoms. The van der Waals surface area contributed by atoms with Crippen molar-refractivity contribution in [1.29, 1.82) is 0 Å². The number of nitrogens with zero attached hydrogens (tertiary/aromatic N) is 1. The number of hydrogen-bond donors (Lipinski definition) is 2. The number of ether oxygens (including phenoxy) is 2. The lowest BCUT2D eigenvalue weighted by Crippen LogP contribution is -2.34. The number of hydrazone groups is 1. The second kappa shape index (κ2) is 12.0. The lowest BCUT2D eigenvalue weighted by Gasteiger charge is -2.07. The Bertz CT molecular complexity index is 1080. The van der Waals surface area contributed by atoms with Crippen LogP contribution in [0.1, 0.15) is 34.0 Å². The zero-order valence-corrected chi connectivity index (χ0v) is 18.7. The molecule has 0 unspecified atom stereocenters. The molecular formula is C26H27N3O4. The summed E-state index contributed by atoms with van der Waals surface area (Å²) in [5, 5.41) is 6.48. The third-order valence-electron chi connectivity index (χ3n) is 4.65. The summed E-state index contributed by atoms with van der Waals surface area (Å²) < 4.78 is 11.1. The van der Waals surface area contributed by atoms with Gasteiger partial charge >= 0.3 is 0 Å². The summed E-state index contributed by atoms with van der Waals surface area (Å²) >= 11 is 0. The Hall–Kier alpha value is -4.13. The standard InChI is InChI=1S/C26H27N3O4/c1-3-32-23-14-10-22(11-15-23)26(31)27-17-25(30)29-28-16-20-8-12-24(13-9-20)33-18-21-6-4-19(2)5-7-21/h4-16H,3,17-18H2,1-2H3,(H,27,31)(H,29,30)/b28-16-.